The van der Waals surface area contributed by atoms with Gasteiger partial charge in [-0.1, -0.05) is 102 Å². The van der Waals surface area contributed by atoms with Crippen LogP contribution >= 0.6 is 21.6 Å². The molecule has 76 heavy (non-hydrogen) atoms. The number of fused-ring (bicyclic) bond motifs is 12. The maximum absolute atomic E-state index is 14.9. The Kier molecular flexibility index (Phi) is 15.0. The van der Waals surface area contributed by atoms with Gasteiger partial charge >= 0.3 is 5.97 Å². The molecule has 5 N–H and O–H groups in total. The number of guanidine groups is 1. The molecule has 0 aromatic heterocycles. The van der Waals surface area contributed by atoms with Gasteiger partial charge in [0.25, 0.3) is 0 Å². The third-order valence-electron chi connectivity index (χ3n) is 21.8. The topological polar surface area (TPSA) is 147 Å². The summed E-state index contributed by atoms with van der Waals surface area (Å²) < 4.78 is 13.7. The van der Waals surface area contributed by atoms with Gasteiger partial charge in [-0.25, -0.2) is 0 Å². The van der Waals surface area contributed by atoms with Gasteiger partial charge in [0.2, 0.25) is 5.91 Å². The molecule has 6 aliphatic carbocycles. The van der Waals surface area contributed by atoms with Crippen molar-refractivity contribution in [3.8, 4) is 11.5 Å². The third kappa shape index (κ3) is 9.99. The summed E-state index contributed by atoms with van der Waals surface area (Å²) in [4.78, 5) is 35.2. The van der Waals surface area contributed by atoms with E-state index in [1.165, 1.54) is 56.6 Å². The van der Waals surface area contributed by atoms with E-state index in [0.29, 0.717) is 75.3 Å². The second kappa shape index (κ2) is 21.6. The van der Waals surface area contributed by atoms with Gasteiger partial charge in [-0.2, -0.15) is 0 Å². The third-order valence-corrected chi connectivity index (χ3v) is 25.2. The number of hydrogen-bond acceptors (Lipinski definition) is 11. The zero-order valence-electron chi connectivity index (χ0n) is 45.4. The van der Waals surface area contributed by atoms with Gasteiger partial charge in [0.1, 0.15) is 16.1 Å². The predicted molar refractivity (Wildman–Crippen MR) is 305 cm³/mol. The number of ether oxygens (including phenoxy) is 2. The Morgan fingerprint density at radius 1 is 0.868 bits per heavy atom. The Morgan fingerprint density at radius 3 is 2.47 bits per heavy atom. The van der Waals surface area contributed by atoms with E-state index in [1.807, 2.05) is 15.7 Å². The van der Waals surface area contributed by atoms with Crippen LogP contribution < -0.4 is 15.8 Å². The Balaban J connectivity index is 0.906. The molecule has 4 spiro atoms. The van der Waals surface area contributed by atoms with Crippen molar-refractivity contribution in [3.63, 3.8) is 0 Å². The number of hydrogen-bond donors (Lipinski definition) is 4. The van der Waals surface area contributed by atoms with Gasteiger partial charge in [0, 0.05) is 67.1 Å². The molecule has 3 aromatic carbocycles. The second-order valence-electron chi connectivity index (χ2n) is 26.0. The van der Waals surface area contributed by atoms with E-state index in [4.69, 9.17) is 20.2 Å². The summed E-state index contributed by atoms with van der Waals surface area (Å²) in [6.45, 7) is 2.96. The Hall–Kier alpha value is -3.87. The summed E-state index contributed by atoms with van der Waals surface area (Å²) in [5.74, 6) is 3.97. The fourth-order valence-electron chi connectivity index (χ4n) is 17.9. The summed E-state index contributed by atoms with van der Waals surface area (Å²) in [5, 5.41) is 28.8. The van der Waals surface area contributed by atoms with Crippen LogP contribution in [0.15, 0.2) is 71.7 Å². The number of carbonyl (C=O) groups excluding carboxylic acids is 2. The van der Waals surface area contributed by atoms with E-state index in [2.05, 4.69) is 82.8 Å². The second-order valence-corrected chi connectivity index (χ2v) is 28.6. The number of amides is 1. The van der Waals surface area contributed by atoms with Crippen LogP contribution in [0.2, 0.25) is 0 Å². The Labute approximate surface area is 461 Å². The number of nitrogens with two attached hydrogens (primary N) is 1. The average molecular weight is 1070 g/mol. The number of phenols is 1. The number of aliphatic imine (C=N–C) groups is 1. The standard InChI is InChI=1S/C64H86N4O6S2/c1-43(69)73-61-32-24-47(54(70)37-61)18-10-15-45(21-20-44-13-4-2-5-14-44)41-75-76-64(31-12-29-60(64)27-8-9-28-60)67-59(65)66-39-52-22-23-53(46-16-6-3-7-17-46)62(52)38-55(71)68(42-62)40-50-35-48(25-33-61)56-49-26-34-63(74-58(56)57(50)72)30-11-19-51(63)36-49/h2-7,13-14,16-17,35,45,47,49,51-54,70,72H,8-12,15,18-34,36-42H2,1H3,(H3,65,66,67). The SMILES string of the molecule is CC(=O)OC12CCc3cc(c(O)c4c3C3CCC5(CCCC5C3)O4)CN3CC4(CC3=O)C(CCC4c3ccccc3)CN=C(N)NC3(CCCC34CCCC4)SSCC(CCc3ccccc3)CCCC(CC1)C(O)C2. The lowest BCUT2D eigenvalue weighted by Crippen LogP contribution is -2.55. The lowest BCUT2D eigenvalue weighted by molar-refractivity contribution is -0.168. The quantitative estimate of drug-likeness (QED) is 0.144. The molecule has 14 rings (SSSR count). The number of aliphatic hydroxyl groups excluding tert-OH is 1. The molecule has 410 valence electrons. The number of aromatic hydroxyl groups is 1. The number of aliphatic hydroxyl groups is 1. The normalized spacial score (nSPS) is 36.5. The molecule has 8 bridgehead atoms. The van der Waals surface area contributed by atoms with E-state index in [0.717, 1.165) is 119 Å². The van der Waals surface area contributed by atoms with Crippen LogP contribution in [-0.4, -0.2) is 74.0 Å². The van der Waals surface area contributed by atoms with Crippen molar-refractivity contribution in [1.82, 2.24) is 10.2 Å². The highest BCUT2D eigenvalue weighted by Crippen LogP contribution is 2.64. The molecule has 11 unspecified atom stereocenters. The maximum Gasteiger partial charge on any atom is 0.303 e. The van der Waals surface area contributed by atoms with Crippen molar-refractivity contribution in [2.75, 3.05) is 18.8 Å². The van der Waals surface area contributed by atoms with Crippen molar-refractivity contribution in [3.05, 3.63) is 94.5 Å². The lowest BCUT2D eigenvalue weighted by Gasteiger charge is -2.44. The van der Waals surface area contributed by atoms with Crippen LogP contribution in [-0.2, 0) is 33.7 Å². The van der Waals surface area contributed by atoms with Crippen LogP contribution in [0.1, 0.15) is 201 Å². The van der Waals surface area contributed by atoms with Crippen LogP contribution in [0.25, 0.3) is 0 Å². The van der Waals surface area contributed by atoms with Gasteiger partial charge < -0.3 is 35.6 Å². The minimum absolute atomic E-state index is 0.120. The smallest absolute Gasteiger partial charge is 0.303 e. The zero-order chi connectivity index (χ0) is 52.1. The number of esters is 1. The van der Waals surface area contributed by atoms with Gasteiger partial charge in [-0.3, -0.25) is 14.6 Å². The summed E-state index contributed by atoms with van der Waals surface area (Å²) in [6, 6.07) is 24.0. The summed E-state index contributed by atoms with van der Waals surface area (Å²) in [5.41, 5.74) is 11.6. The number of nitrogens with zero attached hydrogens (tertiary/aromatic N) is 2. The van der Waals surface area contributed by atoms with E-state index in [-0.39, 0.29) is 62.6 Å². The van der Waals surface area contributed by atoms with E-state index >= 15 is 0 Å². The molecule has 6 saturated carbocycles. The van der Waals surface area contributed by atoms with Crippen LogP contribution in [0.3, 0.4) is 0 Å². The first-order valence-corrected chi connectivity index (χ1v) is 32.4. The van der Waals surface area contributed by atoms with Crippen molar-refractivity contribution < 1.29 is 29.3 Å². The molecule has 5 heterocycles. The average Bonchev–Trinajstić information content (AvgIpc) is 4.42. The molecule has 1 saturated heterocycles. The lowest BCUT2D eigenvalue weighted by atomic mass is 9.68. The van der Waals surface area contributed by atoms with Crippen LogP contribution in [0.5, 0.6) is 11.5 Å². The van der Waals surface area contributed by atoms with E-state index in [1.54, 1.807) is 0 Å². The maximum atomic E-state index is 14.9. The first kappa shape index (κ1) is 52.8. The number of nitrogens with one attached hydrogen (secondary N) is 1. The number of benzene rings is 3. The Bertz CT molecular complexity index is 2610. The van der Waals surface area contributed by atoms with Crippen molar-refractivity contribution in [2.45, 2.75) is 214 Å². The highest BCUT2D eigenvalue weighted by molar-refractivity contribution is 8.77. The summed E-state index contributed by atoms with van der Waals surface area (Å²) >= 11 is 0. The zero-order valence-corrected chi connectivity index (χ0v) is 47.1. The monoisotopic (exact) mass is 1070 g/mol. The first-order valence-electron chi connectivity index (χ1n) is 30.1. The number of aryl methyl sites for hydroxylation is 2. The van der Waals surface area contributed by atoms with Gasteiger partial charge in [0.05, 0.1) is 6.10 Å². The highest BCUT2D eigenvalue weighted by Gasteiger charge is 2.59. The molecule has 5 aliphatic heterocycles. The summed E-state index contributed by atoms with van der Waals surface area (Å²) in [7, 11) is 4.10. The largest absolute Gasteiger partial charge is 0.504 e. The molecular weight excluding hydrogens is 985 g/mol. The van der Waals surface area contributed by atoms with Gasteiger partial charge in [0.15, 0.2) is 17.5 Å². The van der Waals surface area contributed by atoms with Gasteiger partial charge in [-0.05, 0) is 193 Å². The van der Waals surface area contributed by atoms with E-state index in [9.17, 15) is 19.8 Å². The van der Waals surface area contributed by atoms with Crippen molar-refractivity contribution in [1.29, 1.82) is 0 Å². The minimum atomic E-state index is -0.795. The number of carbonyl (C=O) groups is 2. The fraction of sp³-hybridized carbons (Fsp3) is 0.672. The molecule has 1 amide bonds. The van der Waals surface area contributed by atoms with Crippen molar-refractivity contribution >= 4 is 39.4 Å². The highest BCUT2D eigenvalue weighted by atomic mass is 33.1. The predicted octanol–water partition coefficient (Wildman–Crippen LogP) is 13.1. The Morgan fingerprint density at radius 2 is 1.67 bits per heavy atom. The van der Waals surface area contributed by atoms with Crippen LogP contribution in [0, 0.1) is 34.5 Å². The molecule has 7 fully saturated rings. The minimum Gasteiger partial charge on any atom is -0.504 e. The van der Waals surface area contributed by atoms with Crippen LogP contribution in [0.4, 0.5) is 0 Å². The van der Waals surface area contributed by atoms with Gasteiger partial charge in [-0.15, -0.1) is 0 Å². The molecule has 10 nitrogen and oxygen atoms in total. The number of rotatable bonds is 5. The molecule has 11 aliphatic rings. The number of phenolic OH excluding ortho intramolecular Hbond substituents is 1. The molecule has 12 heteroatoms. The summed E-state index contributed by atoms with van der Waals surface area (Å²) in [6.07, 6.45) is 25.1. The molecule has 0 radical (unpaired) electrons. The van der Waals surface area contributed by atoms with E-state index < -0.39 is 11.7 Å². The van der Waals surface area contributed by atoms with Crippen molar-refractivity contribution in [2.24, 2.45) is 45.2 Å². The first-order chi connectivity index (χ1) is 36.9. The fourth-order valence-corrected chi connectivity index (χ4v) is 21.9. The molecular formula is C64H86N4O6S2. The molecule has 11 atom stereocenters. The molecule has 3 aromatic rings.